The highest BCUT2D eigenvalue weighted by atomic mass is 17.5. The van der Waals surface area contributed by atoms with E-state index in [9.17, 15) is 0 Å². The van der Waals surface area contributed by atoms with Crippen molar-refractivity contribution in [3.05, 3.63) is 59.7 Å². The molecule has 0 unspecified atom stereocenters. The molecule has 0 N–H and O–H groups in total. The molecular weight excluding hydrogens is 240 g/mol. The van der Waals surface area contributed by atoms with Crippen LogP contribution in [0, 0.1) is 0 Å². The van der Waals surface area contributed by atoms with Gasteiger partial charge in [-0.05, 0) is 28.7 Å². The average molecular weight is 256 g/mol. The molecule has 2 aromatic rings. The fourth-order valence-electron chi connectivity index (χ4n) is 2.36. The SMILES string of the molecule is C1COOOC1.c1ccc2c(c1)Cc1ccccc1-2. The molecule has 98 valence electrons. The summed E-state index contributed by atoms with van der Waals surface area (Å²) in [4.78, 5) is 8.69. The number of hydrogen-bond acceptors (Lipinski definition) is 3. The fourth-order valence-corrected chi connectivity index (χ4v) is 2.36. The molecule has 1 saturated heterocycles. The summed E-state index contributed by atoms with van der Waals surface area (Å²) in [6, 6.07) is 17.3. The third-order valence-corrected chi connectivity index (χ3v) is 3.26. The van der Waals surface area contributed by atoms with E-state index in [4.69, 9.17) is 0 Å². The van der Waals surface area contributed by atoms with Crippen molar-refractivity contribution in [2.75, 3.05) is 13.2 Å². The van der Waals surface area contributed by atoms with Crippen LogP contribution in [0.25, 0.3) is 11.1 Å². The van der Waals surface area contributed by atoms with Crippen molar-refractivity contribution in [1.82, 2.24) is 0 Å². The molecule has 0 bridgehead atoms. The minimum Gasteiger partial charge on any atom is -0.206 e. The van der Waals surface area contributed by atoms with Gasteiger partial charge < -0.3 is 0 Å². The zero-order valence-corrected chi connectivity index (χ0v) is 10.7. The molecule has 3 nitrogen and oxygen atoms in total. The standard InChI is InChI=1S/C13H10.C3H6O3/c1-3-7-12-10(5-1)9-11-6-2-4-8-13(11)12;1-2-4-6-5-3-1/h1-8H,9H2;1-3H2. The van der Waals surface area contributed by atoms with Crippen LogP contribution < -0.4 is 0 Å². The molecule has 1 aliphatic heterocycles. The van der Waals surface area contributed by atoms with Gasteiger partial charge in [-0.1, -0.05) is 53.6 Å². The summed E-state index contributed by atoms with van der Waals surface area (Å²) in [6.07, 6.45) is 2.03. The summed E-state index contributed by atoms with van der Waals surface area (Å²) in [5.41, 5.74) is 5.75. The molecule has 0 saturated carbocycles. The van der Waals surface area contributed by atoms with E-state index in [1.807, 2.05) is 0 Å². The fraction of sp³-hybridized carbons (Fsp3) is 0.250. The monoisotopic (exact) mass is 256 g/mol. The van der Waals surface area contributed by atoms with E-state index in [0.717, 1.165) is 12.8 Å². The molecule has 0 amide bonds. The summed E-state index contributed by atoms with van der Waals surface area (Å²) < 4.78 is 0. The summed E-state index contributed by atoms with van der Waals surface area (Å²) in [6.45, 7) is 1.31. The van der Waals surface area contributed by atoms with Crippen molar-refractivity contribution < 1.29 is 14.8 Å². The second-order valence-electron chi connectivity index (χ2n) is 4.56. The van der Waals surface area contributed by atoms with Crippen LogP contribution in [0.1, 0.15) is 17.5 Å². The number of benzene rings is 2. The van der Waals surface area contributed by atoms with Gasteiger partial charge >= 0.3 is 0 Å². The summed E-state index contributed by atoms with van der Waals surface area (Å²) >= 11 is 0. The highest BCUT2D eigenvalue weighted by Gasteiger charge is 2.15. The molecule has 3 heteroatoms. The Morgan fingerprint density at radius 2 is 1.21 bits per heavy atom. The first-order valence-corrected chi connectivity index (χ1v) is 6.52. The van der Waals surface area contributed by atoms with E-state index in [-0.39, 0.29) is 0 Å². The van der Waals surface area contributed by atoms with Crippen LogP contribution in [0.2, 0.25) is 0 Å². The van der Waals surface area contributed by atoms with Crippen molar-refractivity contribution in [2.24, 2.45) is 0 Å². The highest BCUT2D eigenvalue weighted by Crippen LogP contribution is 2.35. The van der Waals surface area contributed by atoms with Gasteiger partial charge in [0.1, 0.15) is 0 Å². The van der Waals surface area contributed by atoms with Crippen molar-refractivity contribution in [3.8, 4) is 11.1 Å². The second kappa shape index (κ2) is 5.97. The molecule has 1 fully saturated rings. The minimum atomic E-state index is 0.653. The lowest BCUT2D eigenvalue weighted by Crippen LogP contribution is -2.08. The molecule has 4 rings (SSSR count). The van der Waals surface area contributed by atoms with Crippen LogP contribution >= 0.6 is 0 Å². The van der Waals surface area contributed by atoms with E-state index < -0.39 is 0 Å². The van der Waals surface area contributed by atoms with Crippen LogP contribution in [-0.4, -0.2) is 13.2 Å². The van der Waals surface area contributed by atoms with Gasteiger partial charge in [-0.15, -0.1) is 0 Å². The van der Waals surface area contributed by atoms with Gasteiger partial charge in [0.05, 0.1) is 13.2 Å². The van der Waals surface area contributed by atoms with Crippen LogP contribution in [0.3, 0.4) is 0 Å². The molecule has 2 aliphatic rings. The van der Waals surface area contributed by atoms with Crippen molar-refractivity contribution >= 4 is 0 Å². The zero-order valence-electron chi connectivity index (χ0n) is 10.7. The Morgan fingerprint density at radius 3 is 1.63 bits per heavy atom. The first kappa shape index (κ1) is 12.4. The third kappa shape index (κ3) is 2.84. The maximum atomic E-state index is 4.35. The second-order valence-corrected chi connectivity index (χ2v) is 4.56. The largest absolute Gasteiger partial charge is 0.206 e. The number of fused-ring (bicyclic) bond motifs is 3. The van der Waals surface area contributed by atoms with Gasteiger partial charge in [0, 0.05) is 6.42 Å². The molecule has 1 heterocycles. The number of rotatable bonds is 0. The topological polar surface area (TPSA) is 27.7 Å². The third-order valence-electron chi connectivity index (χ3n) is 3.26. The quantitative estimate of drug-likeness (QED) is 0.576. The molecule has 0 atom stereocenters. The first-order valence-electron chi connectivity index (χ1n) is 6.52. The van der Waals surface area contributed by atoms with Gasteiger partial charge in [0.25, 0.3) is 0 Å². The van der Waals surface area contributed by atoms with Crippen molar-refractivity contribution in [1.29, 1.82) is 0 Å². The Morgan fingerprint density at radius 1 is 0.684 bits per heavy atom. The first-order chi connectivity index (χ1) is 9.45. The maximum absolute atomic E-state index is 4.35. The van der Waals surface area contributed by atoms with E-state index in [1.54, 1.807) is 0 Å². The average Bonchev–Trinajstić information content (AvgIpc) is 2.88. The van der Waals surface area contributed by atoms with Crippen molar-refractivity contribution in [3.63, 3.8) is 0 Å². The lowest BCUT2D eigenvalue weighted by molar-refractivity contribution is -0.532. The van der Waals surface area contributed by atoms with Crippen molar-refractivity contribution in [2.45, 2.75) is 12.8 Å². The highest BCUT2D eigenvalue weighted by molar-refractivity contribution is 5.76. The normalized spacial score (nSPS) is 16.0. The molecule has 0 spiro atoms. The van der Waals surface area contributed by atoms with Crippen LogP contribution in [0.4, 0.5) is 0 Å². The zero-order chi connectivity index (χ0) is 12.9. The Hall–Kier alpha value is -1.68. The van der Waals surface area contributed by atoms with Gasteiger partial charge in [-0.3, -0.25) is 0 Å². The summed E-state index contributed by atoms with van der Waals surface area (Å²) in [5, 5.41) is 4.07. The predicted octanol–water partition coefficient (Wildman–Crippen LogP) is 3.53. The molecule has 0 aromatic heterocycles. The van der Waals surface area contributed by atoms with Crippen LogP contribution in [0.5, 0.6) is 0 Å². The summed E-state index contributed by atoms with van der Waals surface area (Å²) in [7, 11) is 0. The lowest BCUT2D eigenvalue weighted by atomic mass is 10.1. The molecule has 0 radical (unpaired) electrons. The Bertz CT molecular complexity index is 492. The smallest absolute Gasteiger partial charge is 0.0877 e. The maximum Gasteiger partial charge on any atom is 0.0877 e. The Balaban J connectivity index is 0.000000155. The Labute approximate surface area is 112 Å². The van der Waals surface area contributed by atoms with Gasteiger partial charge in [-0.2, -0.15) is 0 Å². The molecule has 1 aliphatic carbocycles. The van der Waals surface area contributed by atoms with Gasteiger partial charge in [0.15, 0.2) is 0 Å². The van der Waals surface area contributed by atoms with E-state index in [2.05, 4.69) is 63.3 Å². The molecular formula is C16H16O3. The van der Waals surface area contributed by atoms with Gasteiger partial charge in [-0.25, -0.2) is 9.78 Å². The predicted molar refractivity (Wildman–Crippen MR) is 72.3 cm³/mol. The van der Waals surface area contributed by atoms with Gasteiger partial charge in [0.2, 0.25) is 0 Å². The minimum absolute atomic E-state index is 0.653. The summed E-state index contributed by atoms with van der Waals surface area (Å²) in [5.74, 6) is 0. The number of hydrogen-bond donors (Lipinski definition) is 0. The van der Waals surface area contributed by atoms with Crippen LogP contribution in [0.15, 0.2) is 48.5 Å². The van der Waals surface area contributed by atoms with E-state index >= 15 is 0 Å². The Kier molecular flexibility index (Phi) is 3.89. The van der Waals surface area contributed by atoms with Crippen LogP contribution in [-0.2, 0) is 21.2 Å². The molecule has 2 aromatic carbocycles. The van der Waals surface area contributed by atoms with E-state index in [0.29, 0.717) is 13.2 Å². The van der Waals surface area contributed by atoms with E-state index in [1.165, 1.54) is 22.3 Å². The lowest BCUT2D eigenvalue weighted by Gasteiger charge is -2.06. The molecule has 19 heavy (non-hydrogen) atoms.